The molecular formula is C15H19NO2S2. The molecule has 0 spiro atoms. The lowest BCUT2D eigenvalue weighted by atomic mass is 10.1. The van der Waals surface area contributed by atoms with E-state index in [9.17, 15) is 5.11 Å². The lowest BCUT2D eigenvalue weighted by Gasteiger charge is -2.28. The molecule has 0 fully saturated rings. The lowest BCUT2D eigenvalue weighted by molar-refractivity contribution is 0.00861. The van der Waals surface area contributed by atoms with Gasteiger partial charge in [-0.05, 0) is 34.9 Å². The summed E-state index contributed by atoms with van der Waals surface area (Å²) in [7, 11) is 0. The molecule has 20 heavy (non-hydrogen) atoms. The average Bonchev–Trinajstić information content (AvgIpc) is 3.08. The van der Waals surface area contributed by atoms with E-state index >= 15 is 0 Å². The predicted octanol–water partition coefficient (Wildman–Crippen LogP) is 2.75. The molecule has 0 aliphatic carbocycles. The molecule has 0 saturated carbocycles. The van der Waals surface area contributed by atoms with Crippen molar-refractivity contribution in [1.29, 1.82) is 0 Å². The Morgan fingerprint density at radius 2 is 2.25 bits per heavy atom. The first-order valence-corrected chi connectivity index (χ1v) is 8.63. The zero-order chi connectivity index (χ0) is 13.8. The van der Waals surface area contributed by atoms with Crippen LogP contribution in [0.25, 0.3) is 0 Å². The van der Waals surface area contributed by atoms with Crippen LogP contribution in [0.2, 0.25) is 0 Å². The number of hydrogen-bond acceptors (Lipinski definition) is 5. The number of aliphatic hydroxyl groups is 1. The number of hydrogen-bond donors (Lipinski definition) is 1. The molecule has 0 radical (unpaired) electrons. The number of aliphatic hydroxyl groups excluding tert-OH is 1. The maximum atomic E-state index is 10.1. The van der Waals surface area contributed by atoms with E-state index in [0.29, 0.717) is 19.8 Å². The molecule has 3 heterocycles. The Labute approximate surface area is 127 Å². The molecule has 2 aromatic heterocycles. The lowest BCUT2D eigenvalue weighted by Crippen LogP contribution is -2.37. The second-order valence-electron chi connectivity index (χ2n) is 5.10. The van der Waals surface area contributed by atoms with Crippen LogP contribution < -0.4 is 0 Å². The van der Waals surface area contributed by atoms with E-state index < -0.39 is 6.10 Å². The summed E-state index contributed by atoms with van der Waals surface area (Å²) in [4.78, 5) is 5.02. The van der Waals surface area contributed by atoms with Gasteiger partial charge in [-0.2, -0.15) is 0 Å². The first kappa shape index (κ1) is 14.2. The monoisotopic (exact) mass is 309 g/mol. The Morgan fingerprint density at radius 1 is 1.30 bits per heavy atom. The van der Waals surface area contributed by atoms with Gasteiger partial charge in [0.05, 0.1) is 19.3 Å². The third kappa shape index (κ3) is 3.68. The van der Waals surface area contributed by atoms with E-state index in [1.165, 1.54) is 15.3 Å². The number of rotatable bonds is 6. The summed E-state index contributed by atoms with van der Waals surface area (Å²) in [5.41, 5.74) is 1.42. The van der Waals surface area contributed by atoms with E-state index in [4.69, 9.17) is 4.74 Å². The maximum Gasteiger partial charge on any atom is 0.0900 e. The molecule has 0 amide bonds. The van der Waals surface area contributed by atoms with Gasteiger partial charge >= 0.3 is 0 Å². The van der Waals surface area contributed by atoms with E-state index in [1.54, 1.807) is 11.3 Å². The van der Waals surface area contributed by atoms with E-state index in [0.717, 1.165) is 19.5 Å². The van der Waals surface area contributed by atoms with Gasteiger partial charge in [0.1, 0.15) is 0 Å². The smallest absolute Gasteiger partial charge is 0.0900 e. The average molecular weight is 309 g/mol. The Balaban J connectivity index is 1.40. The van der Waals surface area contributed by atoms with Crippen molar-refractivity contribution in [3.8, 4) is 0 Å². The Hall–Kier alpha value is -0.720. The second kappa shape index (κ2) is 6.83. The topological polar surface area (TPSA) is 32.7 Å². The molecule has 1 aliphatic rings. The van der Waals surface area contributed by atoms with Crippen LogP contribution in [-0.4, -0.2) is 35.8 Å². The Kier molecular flexibility index (Phi) is 4.86. The van der Waals surface area contributed by atoms with Gasteiger partial charge in [0.2, 0.25) is 0 Å². The van der Waals surface area contributed by atoms with Gasteiger partial charge in [0.15, 0.2) is 0 Å². The van der Waals surface area contributed by atoms with Gasteiger partial charge in [-0.3, -0.25) is 4.90 Å². The van der Waals surface area contributed by atoms with Gasteiger partial charge in [0.25, 0.3) is 0 Å². The minimum absolute atomic E-state index is 0.407. The minimum atomic E-state index is -0.407. The molecule has 1 N–H and O–H groups in total. The Morgan fingerprint density at radius 3 is 3.10 bits per heavy atom. The summed E-state index contributed by atoms with van der Waals surface area (Å²) in [5, 5.41) is 14.3. The highest BCUT2D eigenvalue weighted by Gasteiger charge is 2.19. The molecule has 1 atom stereocenters. The van der Waals surface area contributed by atoms with Crippen molar-refractivity contribution in [1.82, 2.24) is 4.90 Å². The molecule has 2 aromatic rings. The molecular weight excluding hydrogens is 290 g/mol. The van der Waals surface area contributed by atoms with Crippen LogP contribution in [0, 0.1) is 0 Å². The van der Waals surface area contributed by atoms with Crippen LogP contribution >= 0.6 is 22.7 Å². The highest BCUT2D eigenvalue weighted by Crippen LogP contribution is 2.23. The van der Waals surface area contributed by atoms with Crippen LogP contribution in [-0.2, 0) is 24.3 Å². The zero-order valence-corrected chi connectivity index (χ0v) is 13.0. The van der Waals surface area contributed by atoms with E-state index in [-0.39, 0.29) is 0 Å². The maximum absolute atomic E-state index is 10.1. The van der Waals surface area contributed by atoms with Crippen molar-refractivity contribution in [2.24, 2.45) is 0 Å². The molecule has 0 saturated heterocycles. The van der Waals surface area contributed by atoms with Crippen molar-refractivity contribution < 1.29 is 9.84 Å². The fraction of sp³-hybridized carbons (Fsp3) is 0.467. The zero-order valence-electron chi connectivity index (χ0n) is 11.3. The standard InChI is InChI=1S/C15H19NO2S2/c17-13(10-18-11-14-2-1-6-19-14)9-16-5-3-15-12(8-16)4-7-20-15/h1-2,4,6-7,13,17H,3,5,8-11H2. The third-order valence-corrected chi connectivity index (χ3v) is 5.36. The number of thiophene rings is 2. The molecule has 5 heteroatoms. The van der Waals surface area contributed by atoms with Crippen molar-refractivity contribution in [2.75, 3.05) is 19.7 Å². The summed E-state index contributed by atoms with van der Waals surface area (Å²) in [6.45, 7) is 3.70. The van der Waals surface area contributed by atoms with E-state index in [1.807, 2.05) is 22.8 Å². The second-order valence-corrected chi connectivity index (χ2v) is 7.14. The van der Waals surface area contributed by atoms with Gasteiger partial charge < -0.3 is 9.84 Å². The summed E-state index contributed by atoms with van der Waals surface area (Å²) in [6, 6.07) is 6.28. The largest absolute Gasteiger partial charge is 0.389 e. The predicted molar refractivity (Wildman–Crippen MR) is 83.3 cm³/mol. The Bertz CT molecular complexity index is 524. The molecule has 108 valence electrons. The number of fused-ring (bicyclic) bond motifs is 1. The van der Waals surface area contributed by atoms with Gasteiger partial charge in [-0.15, -0.1) is 22.7 Å². The van der Waals surface area contributed by atoms with Crippen molar-refractivity contribution in [3.05, 3.63) is 44.3 Å². The summed E-state index contributed by atoms with van der Waals surface area (Å²) in [5.74, 6) is 0. The van der Waals surface area contributed by atoms with Crippen molar-refractivity contribution in [3.63, 3.8) is 0 Å². The molecule has 3 nitrogen and oxygen atoms in total. The normalized spacial score (nSPS) is 17.1. The SMILES string of the molecule is OC(COCc1cccs1)CN1CCc2sccc2C1. The van der Waals surface area contributed by atoms with Gasteiger partial charge in [0, 0.05) is 29.4 Å². The number of ether oxygens (including phenoxy) is 1. The van der Waals surface area contributed by atoms with E-state index in [2.05, 4.69) is 22.4 Å². The number of nitrogens with zero attached hydrogens (tertiary/aromatic N) is 1. The molecule has 0 bridgehead atoms. The molecule has 1 aliphatic heterocycles. The highest BCUT2D eigenvalue weighted by atomic mass is 32.1. The highest BCUT2D eigenvalue weighted by molar-refractivity contribution is 7.10. The first-order chi connectivity index (χ1) is 9.81. The number of β-amino-alcohol motifs (C(OH)–C–C–N with tert-alkyl or cyclic N) is 1. The summed E-state index contributed by atoms with van der Waals surface area (Å²) in [6.07, 6.45) is 0.700. The van der Waals surface area contributed by atoms with Crippen LogP contribution in [0.3, 0.4) is 0 Å². The van der Waals surface area contributed by atoms with Crippen molar-refractivity contribution >= 4 is 22.7 Å². The minimum Gasteiger partial charge on any atom is -0.389 e. The first-order valence-electron chi connectivity index (χ1n) is 6.87. The summed E-state index contributed by atoms with van der Waals surface area (Å²) < 4.78 is 5.57. The molecule has 1 unspecified atom stereocenters. The van der Waals surface area contributed by atoms with Gasteiger partial charge in [-0.1, -0.05) is 6.07 Å². The third-order valence-electron chi connectivity index (χ3n) is 3.49. The van der Waals surface area contributed by atoms with Crippen LogP contribution in [0.5, 0.6) is 0 Å². The van der Waals surface area contributed by atoms with Crippen LogP contribution in [0.15, 0.2) is 29.0 Å². The van der Waals surface area contributed by atoms with Crippen LogP contribution in [0.4, 0.5) is 0 Å². The van der Waals surface area contributed by atoms with Crippen molar-refractivity contribution in [2.45, 2.75) is 25.7 Å². The fourth-order valence-electron chi connectivity index (χ4n) is 2.50. The van der Waals surface area contributed by atoms with Crippen LogP contribution in [0.1, 0.15) is 15.3 Å². The van der Waals surface area contributed by atoms with Gasteiger partial charge in [-0.25, -0.2) is 0 Å². The fourth-order valence-corrected chi connectivity index (χ4v) is 4.03. The molecule has 0 aromatic carbocycles. The molecule has 3 rings (SSSR count). The summed E-state index contributed by atoms with van der Waals surface area (Å²) >= 11 is 3.53. The quantitative estimate of drug-likeness (QED) is 0.890.